The minimum Gasteiger partial charge on any atom is -0.356 e. The third kappa shape index (κ3) is 4.16. The zero-order valence-corrected chi connectivity index (χ0v) is 16.2. The van der Waals surface area contributed by atoms with Crippen molar-refractivity contribution in [2.45, 2.75) is 39.5 Å². The Morgan fingerprint density at radius 3 is 2.59 bits per heavy atom. The number of hydrogen-bond donors (Lipinski definition) is 1. The molecule has 1 aliphatic heterocycles. The molecule has 0 saturated heterocycles. The minimum atomic E-state index is -0.281. The first-order valence-corrected chi connectivity index (χ1v) is 9.54. The number of fused-ring (bicyclic) bond motifs is 1. The Morgan fingerprint density at radius 1 is 1.15 bits per heavy atom. The SMILES string of the molecule is CCC(C(=O)NCCC1C=c2ccc(C)c(C)c2=NC1=O)c1ccccc1. The molecule has 0 fully saturated rings. The molecule has 0 saturated carbocycles. The van der Waals surface area contributed by atoms with Gasteiger partial charge in [0.2, 0.25) is 5.91 Å². The molecule has 1 aliphatic rings. The molecule has 0 bridgehead atoms. The summed E-state index contributed by atoms with van der Waals surface area (Å²) in [4.78, 5) is 29.2. The number of carbonyl (C=O) groups excluding carboxylic acids is 2. The summed E-state index contributed by atoms with van der Waals surface area (Å²) in [7, 11) is 0. The van der Waals surface area contributed by atoms with Gasteiger partial charge in [-0.05, 0) is 48.6 Å². The van der Waals surface area contributed by atoms with Crippen molar-refractivity contribution in [1.82, 2.24) is 5.32 Å². The van der Waals surface area contributed by atoms with E-state index in [2.05, 4.69) is 16.4 Å². The van der Waals surface area contributed by atoms with Crippen LogP contribution in [0.25, 0.3) is 6.08 Å². The Balaban J connectivity index is 1.65. The number of rotatable bonds is 6. The summed E-state index contributed by atoms with van der Waals surface area (Å²) in [5.74, 6) is -0.554. The Morgan fingerprint density at radius 2 is 1.89 bits per heavy atom. The number of carbonyl (C=O) groups is 2. The molecule has 1 N–H and O–H groups in total. The molecule has 2 aromatic carbocycles. The molecule has 3 rings (SSSR count). The molecule has 2 amide bonds. The molecular formula is C23H26N2O2. The second-order valence-electron chi connectivity index (χ2n) is 7.12. The third-order valence-corrected chi connectivity index (χ3v) is 5.33. The van der Waals surface area contributed by atoms with Gasteiger partial charge in [0.15, 0.2) is 0 Å². The van der Waals surface area contributed by atoms with E-state index in [1.807, 2.05) is 63.2 Å². The van der Waals surface area contributed by atoms with Gasteiger partial charge in [0.25, 0.3) is 5.91 Å². The van der Waals surface area contributed by atoms with Crippen molar-refractivity contribution in [3.05, 3.63) is 69.7 Å². The lowest BCUT2D eigenvalue weighted by Crippen LogP contribution is -2.37. The Bertz CT molecular complexity index is 964. The summed E-state index contributed by atoms with van der Waals surface area (Å²) in [6.45, 7) is 6.49. The Kier molecular flexibility index (Phi) is 5.84. The average molecular weight is 362 g/mol. The maximum atomic E-state index is 12.5. The van der Waals surface area contributed by atoms with Crippen molar-refractivity contribution in [3.8, 4) is 0 Å². The summed E-state index contributed by atoms with van der Waals surface area (Å²) in [5, 5.41) is 4.78. The first-order valence-electron chi connectivity index (χ1n) is 9.54. The van der Waals surface area contributed by atoms with Crippen LogP contribution in [-0.4, -0.2) is 18.4 Å². The van der Waals surface area contributed by atoms with Gasteiger partial charge in [-0.2, -0.15) is 0 Å². The maximum absolute atomic E-state index is 12.5. The van der Waals surface area contributed by atoms with Crippen LogP contribution in [0.2, 0.25) is 0 Å². The minimum absolute atomic E-state index is 0.00997. The lowest BCUT2D eigenvalue weighted by molar-refractivity contribution is -0.123. The number of nitrogens with one attached hydrogen (secondary N) is 1. The van der Waals surface area contributed by atoms with Gasteiger partial charge in [0.1, 0.15) is 0 Å². The molecule has 2 atom stereocenters. The normalized spacial score (nSPS) is 16.7. The fourth-order valence-electron chi connectivity index (χ4n) is 3.52. The average Bonchev–Trinajstić information content (AvgIpc) is 2.67. The predicted molar refractivity (Wildman–Crippen MR) is 107 cm³/mol. The van der Waals surface area contributed by atoms with E-state index in [1.165, 1.54) is 0 Å². The second-order valence-corrected chi connectivity index (χ2v) is 7.12. The number of aryl methyl sites for hydroxylation is 1. The van der Waals surface area contributed by atoms with E-state index in [-0.39, 0.29) is 23.7 Å². The van der Waals surface area contributed by atoms with Crippen LogP contribution < -0.4 is 15.9 Å². The molecule has 0 radical (unpaired) electrons. The van der Waals surface area contributed by atoms with Crippen LogP contribution in [0.4, 0.5) is 0 Å². The molecule has 0 aromatic heterocycles. The number of hydrogen-bond acceptors (Lipinski definition) is 2. The van der Waals surface area contributed by atoms with Gasteiger partial charge in [-0.25, -0.2) is 4.99 Å². The Labute approximate surface area is 160 Å². The summed E-state index contributed by atoms with van der Waals surface area (Å²) in [5.41, 5.74) is 3.21. The quantitative estimate of drug-likeness (QED) is 0.859. The van der Waals surface area contributed by atoms with Crippen LogP contribution >= 0.6 is 0 Å². The summed E-state index contributed by atoms with van der Waals surface area (Å²) >= 11 is 0. The molecule has 27 heavy (non-hydrogen) atoms. The monoisotopic (exact) mass is 362 g/mol. The molecule has 4 heteroatoms. The standard InChI is InChI=1S/C23H26N2O2/c1-4-20(17-8-6-5-7-9-17)23(27)24-13-12-19-14-18-11-10-15(2)16(3)21(18)25-22(19)26/h5-11,14,19-20H,4,12-13H2,1-3H3,(H,24,27). The van der Waals surface area contributed by atoms with Crippen LogP contribution in [0.1, 0.15) is 42.4 Å². The maximum Gasteiger partial charge on any atom is 0.253 e. The molecule has 0 aliphatic carbocycles. The largest absolute Gasteiger partial charge is 0.356 e. The van der Waals surface area contributed by atoms with Crippen LogP contribution in [0, 0.1) is 19.8 Å². The van der Waals surface area contributed by atoms with E-state index < -0.39 is 0 Å². The predicted octanol–water partition coefficient (Wildman–Crippen LogP) is 2.56. The van der Waals surface area contributed by atoms with Crippen molar-refractivity contribution < 1.29 is 9.59 Å². The van der Waals surface area contributed by atoms with E-state index in [4.69, 9.17) is 0 Å². The van der Waals surface area contributed by atoms with Gasteiger partial charge in [0.05, 0.1) is 17.2 Å². The first-order chi connectivity index (χ1) is 13.0. The number of nitrogens with zero attached hydrogens (tertiary/aromatic N) is 1. The van der Waals surface area contributed by atoms with Crippen LogP contribution in [0.3, 0.4) is 0 Å². The van der Waals surface area contributed by atoms with Gasteiger partial charge >= 0.3 is 0 Å². The Hall–Kier alpha value is -2.75. The van der Waals surface area contributed by atoms with Crippen molar-refractivity contribution in [1.29, 1.82) is 0 Å². The highest BCUT2D eigenvalue weighted by Crippen LogP contribution is 2.19. The topological polar surface area (TPSA) is 58.5 Å². The third-order valence-electron chi connectivity index (χ3n) is 5.33. The number of amides is 2. The highest BCUT2D eigenvalue weighted by Gasteiger charge is 2.21. The highest BCUT2D eigenvalue weighted by molar-refractivity contribution is 5.86. The van der Waals surface area contributed by atoms with Gasteiger partial charge in [-0.15, -0.1) is 0 Å². The van der Waals surface area contributed by atoms with E-state index >= 15 is 0 Å². The highest BCUT2D eigenvalue weighted by atomic mass is 16.2. The van der Waals surface area contributed by atoms with E-state index in [1.54, 1.807) is 0 Å². The zero-order chi connectivity index (χ0) is 19.4. The summed E-state index contributed by atoms with van der Waals surface area (Å²) in [6.07, 6.45) is 3.29. The van der Waals surface area contributed by atoms with E-state index in [9.17, 15) is 9.59 Å². The van der Waals surface area contributed by atoms with Crippen LogP contribution in [0.15, 0.2) is 47.5 Å². The van der Waals surface area contributed by atoms with Crippen molar-refractivity contribution in [3.63, 3.8) is 0 Å². The van der Waals surface area contributed by atoms with Crippen molar-refractivity contribution >= 4 is 17.9 Å². The molecule has 1 heterocycles. The van der Waals surface area contributed by atoms with Gasteiger partial charge in [-0.1, -0.05) is 55.5 Å². The molecular weight excluding hydrogens is 336 g/mol. The lowest BCUT2D eigenvalue weighted by atomic mass is 9.95. The van der Waals surface area contributed by atoms with Gasteiger partial charge in [0, 0.05) is 6.54 Å². The molecule has 140 valence electrons. The number of benzene rings is 2. The van der Waals surface area contributed by atoms with Crippen molar-refractivity contribution in [2.24, 2.45) is 10.9 Å². The molecule has 2 aromatic rings. The molecule has 0 spiro atoms. The first kappa shape index (κ1) is 19.0. The fourth-order valence-corrected chi connectivity index (χ4v) is 3.52. The van der Waals surface area contributed by atoms with Crippen LogP contribution in [-0.2, 0) is 9.59 Å². The second kappa shape index (κ2) is 8.30. The van der Waals surface area contributed by atoms with Crippen molar-refractivity contribution in [2.75, 3.05) is 6.54 Å². The lowest BCUT2D eigenvalue weighted by Gasteiger charge is -2.17. The van der Waals surface area contributed by atoms with Gasteiger partial charge < -0.3 is 5.32 Å². The molecule has 4 nitrogen and oxygen atoms in total. The smallest absolute Gasteiger partial charge is 0.253 e. The zero-order valence-electron chi connectivity index (χ0n) is 16.2. The van der Waals surface area contributed by atoms with E-state index in [0.717, 1.165) is 33.7 Å². The van der Waals surface area contributed by atoms with E-state index in [0.29, 0.717) is 13.0 Å². The molecule has 2 unspecified atom stereocenters. The van der Waals surface area contributed by atoms with Crippen LogP contribution in [0.5, 0.6) is 0 Å². The summed E-state index contributed by atoms with van der Waals surface area (Å²) < 4.78 is 0. The summed E-state index contributed by atoms with van der Waals surface area (Å²) in [6, 6.07) is 13.9. The van der Waals surface area contributed by atoms with Gasteiger partial charge in [-0.3, -0.25) is 9.59 Å². The fraction of sp³-hybridized carbons (Fsp3) is 0.348.